The van der Waals surface area contributed by atoms with Crippen LogP contribution in [-0.2, 0) is 6.54 Å². The Balaban J connectivity index is 2.75. The van der Waals surface area contributed by atoms with Gasteiger partial charge in [0.05, 0.1) is 0 Å². The summed E-state index contributed by atoms with van der Waals surface area (Å²) in [5.74, 6) is 1.42. The molecule has 0 aliphatic rings. The molecule has 0 radical (unpaired) electrons. The van der Waals surface area contributed by atoms with Gasteiger partial charge in [0.1, 0.15) is 5.75 Å². The number of thioether (sulfide) groups is 1. The van der Waals surface area contributed by atoms with Gasteiger partial charge in [0.2, 0.25) is 0 Å². The van der Waals surface area contributed by atoms with Crippen molar-refractivity contribution >= 4 is 17.5 Å². The van der Waals surface area contributed by atoms with Crippen LogP contribution in [0.2, 0.25) is 0 Å². The lowest BCUT2D eigenvalue weighted by Crippen LogP contribution is -2.29. The first kappa shape index (κ1) is 16.1. The molecule has 0 bridgehead atoms. The number of ketones is 1. The van der Waals surface area contributed by atoms with Gasteiger partial charge in [0.25, 0.3) is 0 Å². The molecule has 19 heavy (non-hydrogen) atoms. The highest BCUT2D eigenvalue weighted by Gasteiger charge is 2.12. The number of nitrogens with zero attached hydrogens (tertiary/aromatic N) is 1. The molecule has 4 heteroatoms. The third-order valence-corrected chi connectivity index (χ3v) is 4.04. The van der Waals surface area contributed by atoms with Crippen molar-refractivity contribution in [3.63, 3.8) is 0 Å². The highest BCUT2D eigenvalue weighted by Crippen LogP contribution is 2.21. The Bertz CT molecular complexity index is 434. The zero-order chi connectivity index (χ0) is 14.4. The fourth-order valence-electron chi connectivity index (χ4n) is 1.86. The van der Waals surface area contributed by atoms with Crippen molar-refractivity contribution in [3.8, 4) is 5.75 Å². The second-order valence-electron chi connectivity index (χ2n) is 4.95. The van der Waals surface area contributed by atoms with Crippen molar-refractivity contribution in [3.05, 3.63) is 29.3 Å². The van der Waals surface area contributed by atoms with Gasteiger partial charge >= 0.3 is 0 Å². The molecule has 1 N–H and O–H groups in total. The lowest BCUT2D eigenvalue weighted by atomic mass is 10.1. The van der Waals surface area contributed by atoms with Crippen LogP contribution < -0.4 is 0 Å². The van der Waals surface area contributed by atoms with E-state index in [1.54, 1.807) is 25.1 Å². The van der Waals surface area contributed by atoms with Crippen LogP contribution in [0.3, 0.4) is 0 Å². The SMILES string of the molecule is CSCCC(C)N(C)Cc1cc(C(C)=O)ccc1O. The number of Topliss-reactive ketones (excluding diaryl/α,β-unsaturated/α-hetero) is 1. The maximum absolute atomic E-state index is 11.4. The Labute approximate surface area is 120 Å². The van der Waals surface area contributed by atoms with Gasteiger partial charge in [-0.25, -0.2) is 0 Å². The average molecular weight is 281 g/mol. The first-order chi connectivity index (χ1) is 8.95. The molecule has 1 unspecified atom stereocenters. The minimum atomic E-state index is 0.0272. The standard InChI is InChI=1S/C15H23NO2S/c1-11(7-8-19-4)16(3)10-14-9-13(12(2)17)5-6-15(14)18/h5-6,9,11,18H,7-8,10H2,1-4H3. The van der Waals surface area contributed by atoms with Gasteiger partial charge in [0.15, 0.2) is 5.78 Å². The molecule has 0 saturated heterocycles. The minimum absolute atomic E-state index is 0.0272. The van der Waals surface area contributed by atoms with Crippen LogP contribution in [0.25, 0.3) is 0 Å². The normalized spacial score (nSPS) is 12.7. The zero-order valence-corrected chi connectivity index (χ0v) is 13.0. The first-order valence-corrected chi connectivity index (χ1v) is 7.87. The fourth-order valence-corrected chi connectivity index (χ4v) is 2.44. The molecule has 1 atom stereocenters. The predicted octanol–water partition coefficient (Wildman–Crippen LogP) is 3.17. The molecule has 1 rings (SSSR count). The summed E-state index contributed by atoms with van der Waals surface area (Å²) < 4.78 is 0. The summed E-state index contributed by atoms with van der Waals surface area (Å²) in [6.07, 6.45) is 3.22. The number of carbonyl (C=O) groups is 1. The van der Waals surface area contributed by atoms with E-state index < -0.39 is 0 Å². The topological polar surface area (TPSA) is 40.5 Å². The summed E-state index contributed by atoms with van der Waals surface area (Å²) in [5, 5.41) is 9.88. The van der Waals surface area contributed by atoms with Crippen molar-refractivity contribution in [1.82, 2.24) is 4.90 Å². The molecule has 106 valence electrons. The third kappa shape index (κ3) is 4.88. The van der Waals surface area contributed by atoms with Gasteiger partial charge in [-0.05, 0) is 57.5 Å². The fraction of sp³-hybridized carbons (Fsp3) is 0.533. The molecule has 1 aromatic rings. The largest absolute Gasteiger partial charge is 0.508 e. The van der Waals surface area contributed by atoms with E-state index in [1.807, 2.05) is 18.8 Å². The summed E-state index contributed by atoms with van der Waals surface area (Å²) in [4.78, 5) is 13.6. The Hall–Kier alpha value is -1.00. The van der Waals surface area contributed by atoms with Gasteiger partial charge in [-0.2, -0.15) is 11.8 Å². The van der Waals surface area contributed by atoms with E-state index in [-0.39, 0.29) is 11.5 Å². The van der Waals surface area contributed by atoms with Crippen LogP contribution in [0.15, 0.2) is 18.2 Å². The molecule has 0 fully saturated rings. The monoisotopic (exact) mass is 281 g/mol. The molecule has 0 amide bonds. The molecule has 1 aromatic carbocycles. The average Bonchev–Trinajstić information content (AvgIpc) is 2.38. The van der Waals surface area contributed by atoms with Crippen molar-refractivity contribution in [1.29, 1.82) is 0 Å². The van der Waals surface area contributed by atoms with Crippen molar-refractivity contribution in [2.75, 3.05) is 19.1 Å². The summed E-state index contributed by atoms with van der Waals surface area (Å²) in [6, 6.07) is 5.51. The van der Waals surface area contributed by atoms with Gasteiger partial charge in [0, 0.05) is 23.7 Å². The van der Waals surface area contributed by atoms with Crippen LogP contribution in [0.1, 0.15) is 36.2 Å². The second-order valence-corrected chi connectivity index (χ2v) is 5.93. The van der Waals surface area contributed by atoms with E-state index in [1.165, 1.54) is 0 Å². The highest BCUT2D eigenvalue weighted by atomic mass is 32.2. The molecule has 3 nitrogen and oxygen atoms in total. The maximum atomic E-state index is 11.4. The number of rotatable bonds is 7. The molecular formula is C15H23NO2S. The molecule has 0 aromatic heterocycles. The summed E-state index contributed by atoms with van der Waals surface area (Å²) in [5.41, 5.74) is 1.46. The Morgan fingerprint density at radius 2 is 2.16 bits per heavy atom. The van der Waals surface area contributed by atoms with Gasteiger partial charge < -0.3 is 5.11 Å². The number of benzene rings is 1. The van der Waals surface area contributed by atoms with E-state index in [0.29, 0.717) is 18.2 Å². The van der Waals surface area contributed by atoms with E-state index in [0.717, 1.165) is 17.7 Å². The highest BCUT2D eigenvalue weighted by molar-refractivity contribution is 7.98. The van der Waals surface area contributed by atoms with Crippen molar-refractivity contribution in [2.45, 2.75) is 32.9 Å². The Morgan fingerprint density at radius 3 is 2.74 bits per heavy atom. The molecule has 0 aliphatic carbocycles. The van der Waals surface area contributed by atoms with E-state index >= 15 is 0 Å². The molecular weight excluding hydrogens is 258 g/mol. The van der Waals surface area contributed by atoms with E-state index in [9.17, 15) is 9.90 Å². The van der Waals surface area contributed by atoms with Crippen LogP contribution in [-0.4, -0.2) is 40.9 Å². The summed E-state index contributed by atoms with van der Waals surface area (Å²) in [7, 11) is 2.05. The number of aromatic hydroxyl groups is 1. The molecule has 0 spiro atoms. The van der Waals surface area contributed by atoms with Crippen LogP contribution in [0, 0.1) is 0 Å². The lowest BCUT2D eigenvalue weighted by molar-refractivity contribution is 0.101. The second kappa shape index (κ2) is 7.56. The summed E-state index contributed by atoms with van der Waals surface area (Å²) in [6.45, 7) is 4.38. The van der Waals surface area contributed by atoms with Crippen molar-refractivity contribution in [2.24, 2.45) is 0 Å². The van der Waals surface area contributed by atoms with Crippen molar-refractivity contribution < 1.29 is 9.90 Å². The Morgan fingerprint density at radius 1 is 1.47 bits per heavy atom. The van der Waals surface area contributed by atoms with Gasteiger partial charge in [-0.15, -0.1) is 0 Å². The molecule has 0 aliphatic heterocycles. The zero-order valence-electron chi connectivity index (χ0n) is 12.1. The van der Waals surface area contributed by atoms with Gasteiger partial charge in [-0.3, -0.25) is 9.69 Å². The number of carbonyl (C=O) groups excluding carboxylic acids is 1. The van der Waals surface area contributed by atoms with E-state index in [4.69, 9.17) is 0 Å². The molecule has 0 saturated carbocycles. The van der Waals surface area contributed by atoms with Crippen LogP contribution >= 0.6 is 11.8 Å². The third-order valence-electron chi connectivity index (χ3n) is 3.40. The van der Waals surface area contributed by atoms with Gasteiger partial charge in [-0.1, -0.05) is 0 Å². The maximum Gasteiger partial charge on any atom is 0.159 e. The van der Waals surface area contributed by atoms with Crippen LogP contribution in [0.4, 0.5) is 0 Å². The van der Waals surface area contributed by atoms with E-state index in [2.05, 4.69) is 18.1 Å². The quantitative estimate of drug-likeness (QED) is 0.779. The number of phenolic OH excluding ortho intramolecular Hbond substituents is 1. The minimum Gasteiger partial charge on any atom is -0.508 e. The summed E-state index contributed by atoms with van der Waals surface area (Å²) >= 11 is 1.84. The number of phenols is 1. The number of hydrogen-bond acceptors (Lipinski definition) is 4. The smallest absolute Gasteiger partial charge is 0.159 e. The Kier molecular flexibility index (Phi) is 6.38. The predicted molar refractivity (Wildman–Crippen MR) is 82.0 cm³/mol. The van der Waals surface area contributed by atoms with Crippen LogP contribution in [0.5, 0.6) is 5.75 Å². The number of hydrogen-bond donors (Lipinski definition) is 1. The lowest BCUT2D eigenvalue weighted by Gasteiger charge is -2.25. The molecule has 0 heterocycles. The first-order valence-electron chi connectivity index (χ1n) is 6.47.